The Kier molecular flexibility index (Phi) is 5.44. The number of likely N-dealkylation sites (tertiary alicyclic amines) is 1. The number of nitrogens with one attached hydrogen (secondary N) is 1. The molecule has 4 nitrogen and oxygen atoms in total. The van der Waals surface area contributed by atoms with Gasteiger partial charge in [0.05, 0.1) is 23.9 Å². The first-order valence-corrected chi connectivity index (χ1v) is 9.51. The van der Waals surface area contributed by atoms with E-state index >= 15 is 0 Å². The van der Waals surface area contributed by atoms with Gasteiger partial charge in [-0.1, -0.05) is 23.7 Å². The molecular weight excluding hydrogens is 348 g/mol. The minimum Gasteiger partial charge on any atom is -0.468 e. The van der Waals surface area contributed by atoms with Crippen molar-refractivity contribution in [3.63, 3.8) is 0 Å². The standard InChI is InChI=1S/C21H23ClN2O2/c22-18-7-2-1-6-17(18)20-10-9-16(26-20)14-23-15-19(21-8-5-13-25-21)24-11-3-4-12-24/h1-2,5-10,13,19,23H,3-4,11-12,14-15H2. The molecule has 1 saturated heterocycles. The van der Waals surface area contributed by atoms with Crippen molar-refractivity contribution in [3.8, 4) is 11.3 Å². The van der Waals surface area contributed by atoms with Gasteiger partial charge in [0.15, 0.2) is 0 Å². The van der Waals surface area contributed by atoms with E-state index in [0.717, 1.165) is 42.5 Å². The van der Waals surface area contributed by atoms with Crippen LogP contribution >= 0.6 is 11.6 Å². The van der Waals surface area contributed by atoms with Crippen molar-refractivity contribution in [2.45, 2.75) is 25.4 Å². The summed E-state index contributed by atoms with van der Waals surface area (Å²) in [6.45, 7) is 3.76. The molecule has 0 spiro atoms. The van der Waals surface area contributed by atoms with E-state index in [4.69, 9.17) is 20.4 Å². The second kappa shape index (κ2) is 8.12. The van der Waals surface area contributed by atoms with E-state index in [-0.39, 0.29) is 6.04 Å². The van der Waals surface area contributed by atoms with E-state index in [1.54, 1.807) is 6.26 Å². The van der Waals surface area contributed by atoms with E-state index in [9.17, 15) is 0 Å². The Morgan fingerprint density at radius 3 is 2.65 bits per heavy atom. The van der Waals surface area contributed by atoms with Crippen LogP contribution < -0.4 is 5.32 Å². The molecular formula is C21H23ClN2O2. The number of furan rings is 2. The lowest BCUT2D eigenvalue weighted by Gasteiger charge is -2.25. The SMILES string of the molecule is Clc1ccccc1-c1ccc(CNCC(c2ccco2)N2CCCC2)o1. The maximum atomic E-state index is 6.25. The lowest BCUT2D eigenvalue weighted by molar-refractivity contribution is 0.208. The van der Waals surface area contributed by atoms with Gasteiger partial charge in [-0.05, 0) is 62.3 Å². The number of rotatable bonds is 7. The third kappa shape index (κ3) is 3.88. The third-order valence-electron chi connectivity index (χ3n) is 4.89. The Morgan fingerprint density at radius 2 is 1.88 bits per heavy atom. The van der Waals surface area contributed by atoms with Crippen molar-refractivity contribution in [1.82, 2.24) is 10.2 Å². The minimum absolute atomic E-state index is 0.269. The largest absolute Gasteiger partial charge is 0.468 e. The Labute approximate surface area is 158 Å². The smallest absolute Gasteiger partial charge is 0.135 e. The van der Waals surface area contributed by atoms with Crippen LogP contribution in [-0.4, -0.2) is 24.5 Å². The highest BCUT2D eigenvalue weighted by Gasteiger charge is 2.25. The van der Waals surface area contributed by atoms with Gasteiger partial charge in [-0.2, -0.15) is 0 Å². The number of hydrogen-bond donors (Lipinski definition) is 1. The highest BCUT2D eigenvalue weighted by atomic mass is 35.5. The normalized spacial score (nSPS) is 16.2. The summed E-state index contributed by atoms with van der Waals surface area (Å²) in [7, 11) is 0. The number of halogens is 1. The van der Waals surface area contributed by atoms with Gasteiger partial charge in [-0.15, -0.1) is 0 Å². The fourth-order valence-electron chi connectivity index (χ4n) is 3.55. The maximum absolute atomic E-state index is 6.25. The minimum atomic E-state index is 0.269. The Balaban J connectivity index is 1.38. The second-order valence-corrected chi connectivity index (χ2v) is 7.06. The molecule has 2 aromatic heterocycles. The van der Waals surface area contributed by atoms with Crippen molar-refractivity contribution in [2.24, 2.45) is 0 Å². The Bertz CT molecular complexity index is 822. The molecule has 0 amide bonds. The zero-order chi connectivity index (χ0) is 17.8. The lowest BCUT2D eigenvalue weighted by atomic mass is 10.2. The van der Waals surface area contributed by atoms with E-state index < -0.39 is 0 Å². The monoisotopic (exact) mass is 370 g/mol. The molecule has 5 heteroatoms. The van der Waals surface area contributed by atoms with Crippen LogP contribution in [0.25, 0.3) is 11.3 Å². The van der Waals surface area contributed by atoms with Crippen LogP contribution in [-0.2, 0) is 6.54 Å². The molecule has 1 atom stereocenters. The number of nitrogens with zero attached hydrogens (tertiary/aromatic N) is 1. The zero-order valence-corrected chi connectivity index (χ0v) is 15.4. The molecule has 0 bridgehead atoms. The van der Waals surface area contributed by atoms with Crippen LogP contribution in [0.4, 0.5) is 0 Å². The highest BCUT2D eigenvalue weighted by molar-refractivity contribution is 6.33. The molecule has 0 saturated carbocycles. The van der Waals surface area contributed by atoms with Crippen molar-refractivity contribution < 1.29 is 8.83 Å². The number of hydrogen-bond acceptors (Lipinski definition) is 4. The fourth-order valence-corrected chi connectivity index (χ4v) is 3.78. The summed E-state index contributed by atoms with van der Waals surface area (Å²) in [6, 6.07) is 16.0. The fraction of sp³-hybridized carbons (Fsp3) is 0.333. The van der Waals surface area contributed by atoms with Crippen molar-refractivity contribution >= 4 is 11.6 Å². The molecule has 3 heterocycles. The predicted octanol–water partition coefficient (Wildman–Crippen LogP) is 5.12. The molecule has 1 N–H and O–H groups in total. The van der Waals surface area contributed by atoms with Gasteiger partial charge in [-0.25, -0.2) is 0 Å². The first-order chi connectivity index (χ1) is 12.8. The van der Waals surface area contributed by atoms with Gasteiger partial charge in [-0.3, -0.25) is 4.90 Å². The van der Waals surface area contributed by atoms with Gasteiger partial charge in [0.25, 0.3) is 0 Å². The second-order valence-electron chi connectivity index (χ2n) is 6.65. The summed E-state index contributed by atoms with van der Waals surface area (Å²) in [5.74, 6) is 2.73. The van der Waals surface area contributed by atoms with Gasteiger partial charge in [0.2, 0.25) is 0 Å². The summed E-state index contributed by atoms with van der Waals surface area (Å²) in [5.41, 5.74) is 0.922. The van der Waals surface area contributed by atoms with E-state index in [2.05, 4.69) is 16.3 Å². The summed E-state index contributed by atoms with van der Waals surface area (Å²) < 4.78 is 11.6. The predicted molar refractivity (Wildman–Crippen MR) is 103 cm³/mol. The van der Waals surface area contributed by atoms with Gasteiger partial charge in [0, 0.05) is 12.1 Å². The quantitative estimate of drug-likeness (QED) is 0.626. The summed E-state index contributed by atoms with van der Waals surface area (Å²) in [4.78, 5) is 2.49. The summed E-state index contributed by atoms with van der Waals surface area (Å²) in [5, 5.41) is 4.22. The first-order valence-electron chi connectivity index (χ1n) is 9.13. The molecule has 0 aliphatic carbocycles. The van der Waals surface area contributed by atoms with Crippen LogP contribution in [0.2, 0.25) is 5.02 Å². The van der Waals surface area contributed by atoms with E-state index in [1.165, 1.54) is 12.8 Å². The summed E-state index contributed by atoms with van der Waals surface area (Å²) >= 11 is 6.25. The average Bonchev–Trinajstić information content (AvgIpc) is 3.41. The van der Waals surface area contributed by atoms with Crippen molar-refractivity contribution in [2.75, 3.05) is 19.6 Å². The molecule has 0 radical (unpaired) electrons. The van der Waals surface area contributed by atoms with Crippen LogP contribution in [0.5, 0.6) is 0 Å². The van der Waals surface area contributed by atoms with Gasteiger partial charge >= 0.3 is 0 Å². The van der Waals surface area contributed by atoms with Gasteiger partial charge in [0.1, 0.15) is 17.3 Å². The Hall–Kier alpha value is -2.01. The molecule has 1 fully saturated rings. The van der Waals surface area contributed by atoms with Crippen LogP contribution in [0, 0.1) is 0 Å². The molecule has 1 aliphatic rings. The van der Waals surface area contributed by atoms with Crippen LogP contribution in [0.3, 0.4) is 0 Å². The zero-order valence-electron chi connectivity index (χ0n) is 14.7. The summed E-state index contributed by atoms with van der Waals surface area (Å²) in [6.07, 6.45) is 4.27. The molecule has 4 rings (SSSR count). The Morgan fingerprint density at radius 1 is 1.04 bits per heavy atom. The van der Waals surface area contributed by atoms with E-state index in [1.807, 2.05) is 42.5 Å². The van der Waals surface area contributed by atoms with Crippen LogP contribution in [0.15, 0.2) is 63.6 Å². The number of benzene rings is 1. The van der Waals surface area contributed by atoms with Crippen LogP contribution in [0.1, 0.15) is 30.4 Å². The molecule has 136 valence electrons. The van der Waals surface area contributed by atoms with Crippen molar-refractivity contribution in [3.05, 3.63) is 71.3 Å². The van der Waals surface area contributed by atoms with Crippen molar-refractivity contribution in [1.29, 1.82) is 0 Å². The molecule has 1 aromatic carbocycles. The molecule has 1 aliphatic heterocycles. The van der Waals surface area contributed by atoms with E-state index in [0.29, 0.717) is 11.6 Å². The third-order valence-corrected chi connectivity index (χ3v) is 5.22. The lowest BCUT2D eigenvalue weighted by Crippen LogP contribution is -2.33. The first kappa shape index (κ1) is 17.4. The molecule has 3 aromatic rings. The highest BCUT2D eigenvalue weighted by Crippen LogP contribution is 2.29. The van der Waals surface area contributed by atoms with Gasteiger partial charge < -0.3 is 14.2 Å². The molecule has 26 heavy (non-hydrogen) atoms. The topological polar surface area (TPSA) is 41.6 Å². The average molecular weight is 371 g/mol. The maximum Gasteiger partial charge on any atom is 0.135 e. The molecule has 1 unspecified atom stereocenters.